The number of rotatable bonds is 9. The van der Waals surface area contributed by atoms with Crippen molar-refractivity contribution in [1.82, 2.24) is 29.6 Å². The number of sulfonamides is 1. The fraction of sp³-hybridized carbons (Fsp3) is 0.361. The van der Waals surface area contributed by atoms with Crippen LogP contribution in [0.1, 0.15) is 60.1 Å². The quantitative estimate of drug-likeness (QED) is 0.188. The summed E-state index contributed by atoms with van der Waals surface area (Å²) in [4.78, 5) is 30.6. The Hall–Kier alpha value is -4.94. The Morgan fingerprint density at radius 2 is 1.64 bits per heavy atom. The number of carbonyl (C=O) groups is 1. The number of anilines is 3. The van der Waals surface area contributed by atoms with Gasteiger partial charge in [0.15, 0.2) is 0 Å². The first kappa shape index (κ1) is 33.6. The minimum absolute atomic E-state index is 0.0986. The normalized spacial score (nSPS) is 19.5. The van der Waals surface area contributed by atoms with Gasteiger partial charge in [-0.05, 0) is 93.0 Å². The topological polar surface area (TPSA) is 172 Å². The molecule has 4 heterocycles. The van der Waals surface area contributed by atoms with E-state index in [0.717, 1.165) is 36.9 Å². The van der Waals surface area contributed by atoms with E-state index in [0.29, 0.717) is 73.4 Å². The Bertz CT molecular complexity index is 2000. The third-order valence-corrected chi connectivity index (χ3v) is 10.7. The Morgan fingerprint density at radius 1 is 0.880 bits per heavy atom. The van der Waals surface area contributed by atoms with Crippen molar-refractivity contribution in [3.63, 3.8) is 0 Å². The highest BCUT2D eigenvalue weighted by Crippen LogP contribution is 2.30. The average molecular weight is 695 g/mol. The lowest BCUT2D eigenvalue weighted by Crippen LogP contribution is -2.40. The Morgan fingerprint density at radius 3 is 2.36 bits per heavy atom. The molecular formula is C36H38N8O5S. The summed E-state index contributed by atoms with van der Waals surface area (Å²) in [5.74, 6) is 6.95. The van der Waals surface area contributed by atoms with Crippen molar-refractivity contribution < 1.29 is 23.1 Å². The highest BCUT2D eigenvalue weighted by molar-refractivity contribution is 7.89. The molecule has 1 aliphatic heterocycles. The van der Waals surface area contributed by atoms with Crippen molar-refractivity contribution in [2.24, 2.45) is 0 Å². The van der Waals surface area contributed by atoms with E-state index in [4.69, 9.17) is 9.72 Å². The molecule has 50 heavy (non-hydrogen) atoms. The molecule has 1 aromatic carbocycles. The molecule has 1 saturated heterocycles. The van der Waals surface area contributed by atoms with Crippen LogP contribution in [-0.2, 0) is 14.8 Å². The van der Waals surface area contributed by atoms with Crippen molar-refractivity contribution in [2.75, 3.05) is 36.9 Å². The molecule has 0 radical (unpaired) electrons. The number of morpholine rings is 1. The summed E-state index contributed by atoms with van der Waals surface area (Å²) in [5, 5.41) is 19.8. The second-order valence-corrected chi connectivity index (χ2v) is 14.6. The van der Waals surface area contributed by atoms with Crippen LogP contribution in [0.4, 0.5) is 17.5 Å². The van der Waals surface area contributed by atoms with Crippen molar-refractivity contribution in [3.05, 3.63) is 83.9 Å². The third-order valence-electron chi connectivity index (χ3n) is 8.86. The number of aliphatic hydroxyl groups is 1. The number of hydrogen-bond donors (Lipinski definition) is 4. The van der Waals surface area contributed by atoms with E-state index in [1.165, 1.54) is 10.5 Å². The number of pyridine rings is 2. The van der Waals surface area contributed by atoms with Crippen LogP contribution in [0.3, 0.4) is 0 Å². The van der Waals surface area contributed by atoms with E-state index < -0.39 is 10.0 Å². The predicted octanol–water partition coefficient (Wildman–Crippen LogP) is 3.71. The number of benzene rings is 1. The highest BCUT2D eigenvalue weighted by atomic mass is 32.2. The van der Waals surface area contributed by atoms with Gasteiger partial charge in [-0.2, -0.15) is 9.29 Å². The van der Waals surface area contributed by atoms with E-state index in [9.17, 15) is 18.3 Å². The van der Waals surface area contributed by atoms with E-state index in [1.54, 1.807) is 36.7 Å². The van der Waals surface area contributed by atoms with Gasteiger partial charge in [-0.3, -0.25) is 9.78 Å². The number of aliphatic hydroxyl groups excluding tert-OH is 1. The molecule has 0 atom stereocenters. The summed E-state index contributed by atoms with van der Waals surface area (Å²) >= 11 is 0. The van der Waals surface area contributed by atoms with Crippen LogP contribution in [0.25, 0.3) is 11.3 Å². The van der Waals surface area contributed by atoms with Crippen LogP contribution in [0.15, 0.2) is 72.0 Å². The molecule has 3 aromatic heterocycles. The molecule has 2 saturated carbocycles. The van der Waals surface area contributed by atoms with Crippen molar-refractivity contribution in [3.8, 4) is 23.1 Å². The molecule has 4 aromatic rings. The smallest absolute Gasteiger partial charge is 0.251 e. The van der Waals surface area contributed by atoms with Gasteiger partial charge in [0.05, 0.1) is 30.6 Å². The van der Waals surface area contributed by atoms with Crippen LogP contribution < -0.4 is 16.0 Å². The van der Waals surface area contributed by atoms with Crippen LogP contribution in [0, 0.1) is 11.8 Å². The number of nitrogens with zero attached hydrogens (tertiary/aromatic N) is 5. The number of aromatic nitrogens is 4. The number of carbonyl (C=O) groups excluding carboxylic acids is 1. The van der Waals surface area contributed by atoms with Gasteiger partial charge < -0.3 is 25.8 Å². The SMILES string of the molecule is O=C(NC1CC1)c1ccnc(C#Cc2ccc(Nc3ncc(-c4ccc(S(=O)(=O)N5CCOCC5)cn4)c(NC4CCC(O)CC4)n3)cc2)c1. The van der Waals surface area contributed by atoms with Crippen molar-refractivity contribution >= 4 is 33.4 Å². The molecule has 4 N–H and O–H groups in total. The standard InChI is InChI=1S/C36H38N8O5S/c45-30-11-9-26(10-12-30)40-34-32(33-14-13-31(22-38-33)50(47,48)44-17-19-49-20-18-44)23-39-36(43-34)42-28-4-1-24(2-5-28)3-6-29-21-25(15-16-37-29)35(46)41-27-7-8-27/h1-2,4-5,13-16,21-23,26-27,30,45H,7-12,17-20H2,(H,41,46)(H2,39,40,42,43). The molecule has 0 bridgehead atoms. The largest absolute Gasteiger partial charge is 0.393 e. The van der Waals surface area contributed by atoms with E-state index >= 15 is 0 Å². The summed E-state index contributed by atoms with van der Waals surface area (Å²) in [5.41, 5.74) is 3.74. The highest BCUT2D eigenvalue weighted by Gasteiger charge is 2.27. The lowest BCUT2D eigenvalue weighted by atomic mass is 9.93. The zero-order valence-electron chi connectivity index (χ0n) is 27.4. The molecule has 7 rings (SSSR count). The molecule has 258 valence electrons. The molecule has 14 heteroatoms. The maximum atomic E-state index is 13.1. The number of amides is 1. The molecule has 0 spiro atoms. The summed E-state index contributed by atoms with van der Waals surface area (Å²) in [7, 11) is -3.68. The second-order valence-electron chi connectivity index (χ2n) is 12.6. The van der Waals surface area contributed by atoms with Crippen LogP contribution >= 0.6 is 0 Å². The lowest BCUT2D eigenvalue weighted by molar-refractivity contribution is 0.0730. The summed E-state index contributed by atoms with van der Waals surface area (Å²) in [6, 6.07) is 14.5. The van der Waals surface area contributed by atoms with Gasteiger partial charge >= 0.3 is 0 Å². The molecule has 1 amide bonds. The zero-order chi connectivity index (χ0) is 34.5. The molecule has 13 nitrogen and oxygen atoms in total. The van der Waals surface area contributed by atoms with E-state index in [-0.39, 0.29) is 29.0 Å². The minimum Gasteiger partial charge on any atom is -0.393 e. The maximum Gasteiger partial charge on any atom is 0.251 e. The average Bonchev–Trinajstić information content (AvgIpc) is 3.97. The van der Waals surface area contributed by atoms with E-state index in [2.05, 4.69) is 42.7 Å². The lowest BCUT2D eigenvalue weighted by Gasteiger charge is -2.27. The Labute approximate surface area is 291 Å². The summed E-state index contributed by atoms with van der Waals surface area (Å²) in [6.07, 6.45) is 9.33. The zero-order valence-corrected chi connectivity index (χ0v) is 28.2. The van der Waals surface area contributed by atoms with Gasteiger partial charge in [0.2, 0.25) is 16.0 Å². The van der Waals surface area contributed by atoms with Gasteiger partial charge in [0.25, 0.3) is 5.91 Å². The second kappa shape index (κ2) is 14.9. The third kappa shape index (κ3) is 8.26. The minimum atomic E-state index is -3.68. The predicted molar refractivity (Wildman–Crippen MR) is 187 cm³/mol. The van der Waals surface area contributed by atoms with Crippen molar-refractivity contribution in [1.29, 1.82) is 0 Å². The van der Waals surface area contributed by atoms with Crippen LogP contribution in [-0.4, -0.2) is 88.2 Å². The number of hydrogen-bond acceptors (Lipinski definition) is 11. The Balaban J connectivity index is 1.07. The van der Waals surface area contributed by atoms with E-state index in [1.807, 2.05) is 24.3 Å². The van der Waals surface area contributed by atoms with Gasteiger partial charge in [-0.1, -0.05) is 5.92 Å². The molecule has 0 unspecified atom stereocenters. The Kier molecular flexibility index (Phi) is 9.99. The number of nitrogens with one attached hydrogen (secondary N) is 3. The first-order valence-corrected chi connectivity index (χ1v) is 18.3. The van der Waals surface area contributed by atoms with Gasteiger partial charge in [0, 0.05) is 60.6 Å². The van der Waals surface area contributed by atoms with Gasteiger partial charge in [0.1, 0.15) is 16.4 Å². The maximum absolute atomic E-state index is 13.1. The van der Waals surface area contributed by atoms with Crippen LogP contribution in [0.2, 0.25) is 0 Å². The fourth-order valence-corrected chi connectivity index (χ4v) is 7.17. The molecule has 3 fully saturated rings. The molecular weight excluding hydrogens is 657 g/mol. The first-order valence-electron chi connectivity index (χ1n) is 16.8. The molecule has 3 aliphatic rings. The van der Waals surface area contributed by atoms with Crippen LogP contribution in [0.5, 0.6) is 0 Å². The summed E-state index contributed by atoms with van der Waals surface area (Å²) < 4.78 is 33.0. The van der Waals surface area contributed by atoms with Gasteiger partial charge in [-0.15, -0.1) is 0 Å². The molecule has 2 aliphatic carbocycles. The first-order chi connectivity index (χ1) is 24.3. The fourth-order valence-electron chi connectivity index (χ4n) is 5.82. The monoisotopic (exact) mass is 694 g/mol. The van der Waals surface area contributed by atoms with Crippen molar-refractivity contribution in [2.45, 2.75) is 61.6 Å². The summed E-state index contributed by atoms with van der Waals surface area (Å²) in [6.45, 7) is 1.34. The van der Waals surface area contributed by atoms with Gasteiger partial charge in [-0.25, -0.2) is 18.4 Å². The number of ether oxygens (including phenoxy) is 1.